The van der Waals surface area contributed by atoms with E-state index >= 15 is 0 Å². The zero-order chi connectivity index (χ0) is 22.5. The SMILES string of the molecule is C=C(Nc1ccc(Cl)cc1C)C(Cc1cnc[nH]1)NC(=O)c1ccc(C(C)=O)c(Cl)c1. The molecule has 0 spiro atoms. The molecular formula is C23H22Cl2N4O2. The van der Waals surface area contributed by atoms with Crippen LogP contribution in [0.3, 0.4) is 0 Å². The fourth-order valence-corrected chi connectivity index (χ4v) is 3.63. The fourth-order valence-electron chi connectivity index (χ4n) is 3.09. The van der Waals surface area contributed by atoms with Crippen molar-refractivity contribution in [3.63, 3.8) is 0 Å². The quantitative estimate of drug-likeness (QED) is 0.406. The van der Waals surface area contributed by atoms with Crippen LogP contribution in [0.25, 0.3) is 0 Å². The van der Waals surface area contributed by atoms with Gasteiger partial charge in [-0.2, -0.15) is 0 Å². The molecule has 0 fully saturated rings. The fraction of sp³-hybridized carbons (Fsp3) is 0.174. The highest BCUT2D eigenvalue weighted by atomic mass is 35.5. The van der Waals surface area contributed by atoms with E-state index in [-0.39, 0.29) is 16.7 Å². The summed E-state index contributed by atoms with van der Waals surface area (Å²) >= 11 is 12.2. The van der Waals surface area contributed by atoms with Crippen molar-refractivity contribution in [2.24, 2.45) is 0 Å². The summed E-state index contributed by atoms with van der Waals surface area (Å²) in [6.45, 7) is 7.49. The van der Waals surface area contributed by atoms with Crippen molar-refractivity contribution in [3.05, 3.63) is 93.6 Å². The van der Waals surface area contributed by atoms with Crippen molar-refractivity contribution in [1.82, 2.24) is 15.3 Å². The van der Waals surface area contributed by atoms with E-state index in [0.717, 1.165) is 16.9 Å². The molecule has 1 amide bonds. The van der Waals surface area contributed by atoms with Crippen LogP contribution in [0, 0.1) is 6.92 Å². The van der Waals surface area contributed by atoms with Crippen LogP contribution in [0.5, 0.6) is 0 Å². The number of aryl methyl sites for hydroxylation is 1. The van der Waals surface area contributed by atoms with Gasteiger partial charge in [0.1, 0.15) is 0 Å². The smallest absolute Gasteiger partial charge is 0.251 e. The van der Waals surface area contributed by atoms with Crippen molar-refractivity contribution in [2.75, 3.05) is 5.32 Å². The number of ketones is 1. The van der Waals surface area contributed by atoms with Crippen LogP contribution in [0.2, 0.25) is 10.0 Å². The van der Waals surface area contributed by atoms with Gasteiger partial charge < -0.3 is 15.6 Å². The number of amides is 1. The number of aromatic amines is 1. The van der Waals surface area contributed by atoms with E-state index in [4.69, 9.17) is 23.2 Å². The van der Waals surface area contributed by atoms with E-state index in [9.17, 15) is 9.59 Å². The second-order valence-electron chi connectivity index (χ2n) is 7.17. The van der Waals surface area contributed by atoms with Crippen LogP contribution >= 0.6 is 23.2 Å². The highest BCUT2D eigenvalue weighted by Crippen LogP contribution is 2.23. The van der Waals surface area contributed by atoms with Crippen molar-refractivity contribution < 1.29 is 9.59 Å². The van der Waals surface area contributed by atoms with Crippen LogP contribution in [0.4, 0.5) is 5.69 Å². The Morgan fingerprint density at radius 1 is 1.19 bits per heavy atom. The number of carbonyl (C=O) groups is 2. The number of benzene rings is 2. The summed E-state index contributed by atoms with van der Waals surface area (Å²) < 4.78 is 0. The highest BCUT2D eigenvalue weighted by Gasteiger charge is 2.20. The predicted octanol–water partition coefficient (Wildman–Crippen LogP) is 5.19. The summed E-state index contributed by atoms with van der Waals surface area (Å²) in [4.78, 5) is 31.6. The normalized spacial score (nSPS) is 11.6. The summed E-state index contributed by atoms with van der Waals surface area (Å²) in [5, 5.41) is 7.13. The number of hydrogen-bond donors (Lipinski definition) is 3. The topological polar surface area (TPSA) is 86.9 Å². The predicted molar refractivity (Wildman–Crippen MR) is 124 cm³/mol. The number of aromatic nitrogens is 2. The molecule has 0 bridgehead atoms. The third kappa shape index (κ3) is 5.75. The average Bonchev–Trinajstić information content (AvgIpc) is 3.22. The number of nitrogens with one attached hydrogen (secondary N) is 3. The van der Waals surface area contributed by atoms with E-state index in [1.807, 2.05) is 19.1 Å². The molecule has 3 rings (SSSR count). The van der Waals surface area contributed by atoms with E-state index in [0.29, 0.717) is 28.3 Å². The van der Waals surface area contributed by atoms with Gasteiger partial charge in [-0.25, -0.2) is 4.98 Å². The Bertz CT molecular complexity index is 1130. The Labute approximate surface area is 190 Å². The van der Waals surface area contributed by atoms with E-state index in [2.05, 4.69) is 27.2 Å². The number of rotatable bonds is 8. The van der Waals surface area contributed by atoms with Gasteiger partial charge in [0.2, 0.25) is 0 Å². The lowest BCUT2D eigenvalue weighted by Gasteiger charge is -2.23. The van der Waals surface area contributed by atoms with Crippen LogP contribution in [0.1, 0.15) is 38.9 Å². The molecule has 1 atom stereocenters. The Balaban J connectivity index is 1.81. The summed E-state index contributed by atoms with van der Waals surface area (Å²) in [6.07, 6.45) is 3.72. The van der Waals surface area contributed by atoms with Crippen LogP contribution in [-0.4, -0.2) is 27.7 Å². The van der Waals surface area contributed by atoms with Crippen molar-refractivity contribution >= 4 is 40.6 Å². The van der Waals surface area contributed by atoms with Gasteiger partial charge in [-0.1, -0.05) is 29.8 Å². The van der Waals surface area contributed by atoms with Gasteiger partial charge in [0.15, 0.2) is 5.78 Å². The summed E-state index contributed by atoms with van der Waals surface area (Å²) in [5.74, 6) is -0.498. The maximum atomic E-state index is 12.9. The zero-order valence-corrected chi connectivity index (χ0v) is 18.6. The molecule has 3 N–H and O–H groups in total. The van der Waals surface area contributed by atoms with Gasteiger partial charge in [-0.15, -0.1) is 0 Å². The van der Waals surface area contributed by atoms with Crippen molar-refractivity contribution in [2.45, 2.75) is 26.3 Å². The molecule has 3 aromatic rings. The summed E-state index contributed by atoms with van der Waals surface area (Å²) in [7, 11) is 0. The van der Waals surface area contributed by atoms with Gasteiger partial charge in [-0.3, -0.25) is 9.59 Å². The highest BCUT2D eigenvalue weighted by molar-refractivity contribution is 6.34. The van der Waals surface area contributed by atoms with Gasteiger partial charge in [0.05, 0.1) is 17.4 Å². The number of H-pyrrole nitrogens is 1. The molecule has 160 valence electrons. The Hall–Kier alpha value is -3.09. The molecule has 8 heteroatoms. The minimum atomic E-state index is -0.450. The number of halogens is 2. The van der Waals surface area contributed by atoms with E-state index in [1.54, 1.807) is 30.7 Å². The first-order valence-corrected chi connectivity index (χ1v) is 10.3. The number of Topliss-reactive ketones (excluding diaryl/α,β-unsaturated/α-hetero) is 1. The monoisotopic (exact) mass is 456 g/mol. The lowest BCUT2D eigenvalue weighted by Crippen LogP contribution is -2.39. The van der Waals surface area contributed by atoms with Gasteiger partial charge in [-0.05, 0) is 55.8 Å². The molecule has 2 aromatic carbocycles. The summed E-state index contributed by atoms with van der Waals surface area (Å²) in [6, 6.07) is 9.65. The third-order valence-corrected chi connectivity index (χ3v) is 5.35. The van der Waals surface area contributed by atoms with Crippen molar-refractivity contribution in [3.8, 4) is 0 Å². The molecular weight excluding hydrogens is 435 g/mol. The van der Waals surface area contributed by atoms with Gasteiger partial charge >= 0.3 is 0 Å². The minimum Gasteiger partial charge on any atom is -0.357 e. The molecule has 0 aliphatic carbocycles. The third-order valence-electron chi connectivity index (χ3n) is 4.80. The van der Waals surface area contributed by atoms with Crippen LogP contribution in [-0.2, 0) is 6.42 Å². The molecule has 1 unspecified atom stereocenters. The maximum Gasteiger partial charge on any atom is 0.251 e. The molecule has 0 aliphatic heterocycles. The largest absolute Gasteiger partial charge is 0.357 e. The first kappa shape index (κ1) is 22.6. The Kier molecular flexibility index (Phi) is 7.15. The van der Waals surface area contributed by atoms with E-state index in [1.165, 1.54) is 13.0 Å². The Morgan fingerprint density at radius 3 is 2.58 bits per heavy atom. The van der Waals surface area contributed by atoms with Crippen LogP contribution in [0.15, 0.2) is 61.2 Å². The molecule has 1 aromatic heterocycles. The first-order valence-electron chi connectivity index (χ1n) is 9.55. The molecule has 31 heavy (non-hydrogen) atoms. The molecule has 6 nitrogen and oxygen atoms in total. The minimum absolute atomic E-state index is 0.162. The van der Waals surface area contributed by atoms with E-state index < -0.39 is 6.04 Å². The molecule has 0 saturated carbocycles. The molecule has 0 radical (unpaired) electrons. The standard InChI is InChI=1S/C23H22Cl2N4O2/c1-13-8-17(24)5-7-21(13)28-14(2)22(10-18-11-26-12-27-18)29-23(31)16-4-6-19(15(3)30)20(25)9-16/h4-9,11-12,22,28H,2,10H2,1,3H3,(H,26,27)(H,29,31). The van der Waals surface area contributed by atoms with Gasteiger partial charge in [0.25, 0.3) is 5.91 Å². The number of hydrogen-bond acceptors (Lipinski definition) is 4. The van der Waals surface area contributed by atoms with Gasteiger partial charge in [0, 0.05) is 45.8 Å². The van der Waals surface area contributed by atoms with Crippen molar-refractivity contribution in [1.29, 1.82) is 0 Å². The number of imidazole rings is 1. The second-order valence-corrected chi connectivity index (χ2v) is 8.01. The molecule has 1 heterocycles. The first-order chi connectivity index (χ1) is 14.7. The molecule has 0 aliphatic rings. The number of anilines is 1. The lowest BCUT2D eigenvalue weighted by molar-refractivity contribution is 0.0940. The number of carbonyl (C=O) groups excluding carboxylic acids is 2. The number of nitrogens with zero attached hydrogens (tertiary/aromatic N) is 1. The molecule has 0 saturated heterocycles. The van der Waals surface area contributed by atoms with Crippen LogP contribution < -0.4 is 10.6 Å². The Morgan fingerprint density at radius 2 is 1.97 bits per heavy atom. The zero-order valence-electron chi connectivity index (χ0n) is 17.1. The summed E-state index contributed by atoms with van der Waals surface area (Å²) in [5.41, 5.74) is 3.95. The maximum absolute atomic E-state index is 12.9. The average molecular weight is 457 g/mol. The second kappa shape index (κ2) is 9.81. The lowest BCUT2D eigenvalue weighted by atomic mass is 10.1.